The van der Waals surface area contributed by atoms with Crippen molar-refractivity contribution in [2.75, 3.05) is 46.9 Å². The lowest BCUT2D eigenvalue weighted by Gasteiger charge is -2.34. The Morgan fingerprint density at radius 2 is 1.86 bits per heavy atom. The normalized spacial score (nSPS) is 20.8. The monoisotopic (exact) mass is 523 g/mol. The van der Waals surface area contributed by atoms with Crippen molar-refractivity contribution < 1.29 is 14.3 Å². The van der Waals surface area contributed by atoms with Gasteiger partial charge in [-0.3, -0.25) is 9.59 Å². The zero-order valence-electron chi connectivity index (χ0n) is 18.3. The molecule has 2 rings (SSSR count). The molecule has 2 aliphatic heterocycles. The Labute approximate surface area is 192 Å². The van der Waals surface area contributed by atoms with Crippen LogP contribution in [0.1, 0.15) is 46.0 Å². The predicted octanol–water partition coefficient (Wildman–Crippen LogP) is 1.44. The van der Waals surface area contributed by atoms with E-state index in [2.05, 4.69) is 15.6 Å². The van der Waals surface area contributed by atoms with Crippen LogP contribution in [-0.4, -0.2) is 86.6 Å². The summed E-state index contributed by atoms with van der Waals surface area (Å²) in [6.45, 7) is 7.00. The lowest BCUT2D eigenvalue weighted by atomic mass is 10.0. The highest BCUT2D eigenvalue weighted by Crippen LogP contribution is 2.14. The first-order chi connectivity index (χ1) is 13.4. The van der Waals surface area contributed by atoms with Gasteiger partial charge in [0.25, 0.3) is 0 Å². The highest BCUT2D eigenvalue weighted by atomic mass is 127. The number of aliphatic imine (C=N–C) groups is 1. The van der Waals surface area contributed by atoms with Crippen molar-refractivity contribution >= 4 is 41.8 Å². The van der Waals surface area contributed by atoms with Crippen LogP contribution in [0.4, 0.5) is 0 Å². The molecular weight excluding hydrogens is 485 g/mol. The summed E-state index contributed by atoms with van der Waals surface area (Å²) < 4.78 is 5.78. The predicted molar refractivity (Wildman–Crippen MR) is 126 cm³/mol. The first-order valence-corrected chi connectivity index (χ1v) is 10.5. The van der Waals surface area contributed by atoms with Gasteiger partial charge in [-0.1, -0.05) is 13.8 Å². The molecule has 168 valence electrons. The maximum Gasteiger partial charge on any atom is 0.243 e. The number of piperidine rings is 1. The summed E-state index contributed by atoms with van der Waals surface area (Å²) in [7, 11) is 3.46. The maximum atomic E-state index is 12.2. The number of carbonyl (C=O) groups is 2. The van der Waals surface area contributed by atoms with Crippen molar-refractivity contribution in [1.82, 2.24) is 20.4 Å². The Balaban J connectivity index is 0.00000420. The van der Waals surface area contributed by atoms with E-state index >= 15 is 0 Å². The maximum absolute atomic E-state index is 12.2. The Kier molecular flexibility index (Phi) is 11.9. The standard InChI is InChI=1S/C20H37N5O3.HI/c1-15(2)19(27)25-10-8-16(9-11-25)23-20(22-14-18(26)24(3)4)21-13-17-7-5-6-12-28-17;/h15-17H,5-14H2,1-4H3,(H2,21,22,23);1H. The number of ether oxygens (including phenoxy) is 1. The number of hydrogen-bond donors (Lipinski definition) is 2. The molecule has 2 amide bonds. The van der Waals surface area contributed by atoms with Crippen LogP contribution < -0.4 is 10.6 Å². The number of likely N-dealkylation sites (tertiary alicyclic amines) is 1. The lowest BCUT2D eigenvalue weighted by molar-refractivity contribution is -0.135. The third-order valence-corrected chi connectivity index (χ3v) is 5.28. The van der Waals surface area contributed by atoms with Gasteiger partial charge in [0.15, 0.2) is 5.96 Å². The smallest absolute Gasteiger partial charge is 0.243 e. The first kappa shape index (κ1) is 25.9. The molecule has 0 spiro atoms. The zero-order chi connectivity index (χ0) is 20.5. The molecular formula is C20H38IN5O3. The second-order valence-electron chi connectivity index (χ2n) is 8.22. The fourth-order valence-electron chi connectivity index (χ4n) is 3.42. The molecule has 0 aromatic carbocycles. The molecule has 0 bridgehead atoms. The molecule has 2 aliphatic rings. The highest BCUT2D eigenvalue weighted by Gasteiger charge is 2.25. The minimum Gasteiger partial charge on any atom is -0.376 e. The summed E-state index contributed by atoms with van der Waals surface area (Å²) in [6, 6.07) is 0.240. The molecule has 1 unspecified atom stereocenters. The Morgan fingerprint density at radius 3 is 2.41 bits per heavy atom. The quantitative estimate of drug-likeness (QED) is 0.313. The number of amides is 2. The van der Waals surface area contributed by atoms with E-state index in [-0.39, 0.29) is 60.4 Å². The van der Waals surface area contributed by atoms with Crippen molar-refractivity contribution in [2.24, 2.45) is 10.9 Å². The molecule has 0 aromatic heterocycles. The van der Waals surface area contributed by atoms with Gasteiger partial charge in [0.05, 0.1) is 6.10 Å². The number of halogens is 1. The average Bonchev–Trinajstić information content (AvgIpc) is 2.70. The Hall–Kier alpha value is -1.10. The second-order valence-corrected chi connectivity index (χ2v) is 8.22. The highest BCUT2D eigenvalue weighted by molar-refractivity contribution is 14.0. The van der Waals surface area contributed by atoms with Crippen LogP contribution in [0.25, 0.3) is 0 Å². The number of nitrogens with zero attached hydrogens (tertiary/aromatic N) is 3. The van der Waals surface area contributed by atoms with Gasteiger partial charge < -0.3 is 25.2 Å². The van der Waals surface area contributed by atoms with E-state index in [0.717, 1.165) is 45.4 Å². The van der Waals surface area contributed by atoms with E-state index in [9.17, 15) is 9.59 Å². The van der Waals surface area contributed by atoms with Crippen LogP contribution >= 0.6 is 24.0 Å². The summed E-state index contributed by atoms with van der Waals surface area (Å²) in [4.78, 5) is 32.0. The molecule has 1 atom stereocenters. The Morgan fingerprint density at radius 1 is 1.17 bits per heavy atom. The largest absolute Gasteiger partial charge is 0.376 e. The second kappa shape index (κ2) is 13.3. The fourth-order valence-corrected chi connectivity index (χ4v) is 3.42. The van der Waals surface area contributed by atoms with Crippen LogP contribution in [0, 0.1) is 5.92 Å². The van der Waals surface area contributed by atoms with E-state index in [1.165, 1.54) is 6.42 Å². The summed E-state index contributed by atoms with van der Waals surface area (Å²) in [5.74, 6) is 0.873. The summed E-state index contributed by atoms with van der Waals surface area (Å²) in [5.41, 5.74) is 0. The molecule has 9 heteroatoms. The van der Waals surface area contributed by atoms with Gasteiger partial charge in [-0.2, -0.15) is 0 Å². The fraction of sp³-hybridized carbons (Fsp3) is 0.850. The van der Waals surface area contributed by atoms with Crippen LogP contribution in [0.2, 0.25) is 0 Å². The van der Waals surface area contributed by atoms with Crippen molar-refractivity contribution in [3.8, 4) is 0 Å². The van der Waals surface area contributed by atoms with E-state index in [1.807, 2.05) is 18.7 Å². The van der Waals surface area contributed by atoms with Gasteiger partial charge in [0.1, 0.15) is 6.54 Å². The Bertz CT molecular complexity index is 542. The SMILES string of the molecule is CC(C)C(=O)N1CCC(NC(=NCC(=O)N(C)C)NCC2CCCCO2)CC1.I. The molecule has 8 nitrogen and oxygen atoms in total. The first-order valence-electron chi connectivity index (χ1n) is 10.5. The zero-order valence-corrected chi connectivity index (χ0v) is 20.6. The van der Waals surface area contributed by atoms with Crippen molar-refractivity contribution in [3.05, 3.63) is 0 Å². The van der Waals surface area contributed by atoms with Crippen LogP contribution in [-0.2, 0) is 14.3 Å². The van der Waals surface area contributed by atoms with Crippen LogP contribution in [0.3, 0.4) is 0 Å². The number of guanidine groups is 1. The molecule has 2 N–H and O–H groups in total. The minimum atomic E-state index is -0.0348. The topological polar surface area (TPSA) is 86.3 Å². The van der Waals surface area contributed by atoms with Crippen LogP contribution in [0.5, 0.6) is 0 Å². The molecule has 0 aliphatic carbocycles. The van der Waals surface area contributed by atoms with E-state index < -0.39 is 0 Å². The van der Waals surface area contributed by atoms with Crippen molar-refractivity contribution in [2.45, 2.75) is 58.1 Å². The number of hydrogen-bond acceptors (Lipinski definition) is 4. The summed E-state index contributed by atoms with van der Waals surface area (Å²) >= 11 is 0. The molecule has 0 radical (unpaired) electrons. The number of rotatable bonds is 6. The molecule has 2 fully saturated rings. The van der Waals surface area contributed by atoms with Gasteiger partial charge in [-0.15, -0.1) is 24.0 Å². The van der Waals surface area contributed by atoms with Gasteiger partial charge in [-0.25, -0.2) is 4.99 Å². The summed E-state index contributed by atoms with van der Waals surface area (Å²) in [6.07, 6.45) is 5.30. The number of nitrogens with one attached hydrogen (secondary N) is 2. The number of carbonyl (C=O) groups excluding carboxylic acids is 2. The van der Waals surface area contributed by atoms with Gasteiger partial charge in [0, 0.05) is 52.3 Å². The summed E-state index contributed by atoms with van der Waals surface area (Å²) in [5, 5.41) is 6.80. The third kappa shape index (κ3) is 9.06. The third-order valence-electron chi connectivity index (χ3n) is 5.28. The van der Waals surface area contributed by atoms with E-state index in [4.69, 9.17) is 4.74 Å². The molecule has 0 saturated carbocycles. The van der Waals surface area contributed by atoms with Crippen LogP contribution in [0.15, 0.2) is 4.99 Å². The molecule has 0 aromatic rings. The lowest BCUT2D eigenvalue weighted by Crippen LogP contribution is -2.51. The average molecular weight is 523 g/mol. The molecule has 2 heterocycles. The van der Waals surface area contributed by atoms with E-state index in [0.29, 0.717) is 12.5 Å². The molecule has 2 saturated heterocycles. The van der Waals surface area contributed by atoms with Crippen molar-refractivity contribution in [1.29, 1.82) is 0 Å². The van der Waals surface area contributed by atoms with Gasteiger partial charge in [-0.05, 0) is 32.1 Å². The van der Waals surface area contributed by atoms with Gasteiger partial charge in [0.2, 0.25) is 11.8 Å². The van der Waals surface area contributed by atoms with E-state index in [1.54, 1.807) is 19.0 Å². The van der Waals surface area contributed by atoms with Gasteiger partial charge >= 0.3 is 0 Å². The molecule has 29 heavy (non-hydrogen) atoms. The van der Waals surface area contributed by atoms with Crippen molar-refractivity contribution in [3.63, 3.8) is 0 Å². The number of likely N-dealkylation sites (N-methyl/N-ethyl adjacent to an activating group) is 1. The minimum absolute atomic E-state index is 0.